The normalized spacial score (nSPS) is 15.1. The van der Waals surface area contributed by atoms with Crippen LogP contribution in [0.4, 0.5) is 10.5 Å². The van der Waals surface area contributed by atoms with Crippen LogP contribution in [0.2, 0.25) is 0 Å². The summed E-state index contributed by atoms with van der Waals surface area (Å²) in [5.74, 6) is 0.141. The number of anilines is 1. The summed E-state index contributed by atoms with van der Waals surface area (Å²) < 4.78 is 21.4. The van der Waals surface area contributed by atoms with Crippen LogP contribution in [0.25, 0.3) is 22.2 Å². The molecule has 0 aliphatic carbocycles. The zero-order valence-corrected chi connectivity index (χ0v) is 24.4. The van der Waals surface area contributed by atoms with Crippen molar-refractivity contribution in [1.29, 1.82) is 0 Å². The first-order valence-corrected chi connectivity index (χ1v) is 14.5. The number of aromatic nitrogens is 2. The van der Waals surface area contributed by atoms with Gasteiger partial charge in [-0.2, -0.15) is 4.98 Å². The van der Waals surface area contributed by atoms with Gasteiger partial charge < -0.3 is 24.5 Å². The highest BCUT2D eigenvalue weighted by molar-refractivity contribution is 6.17. The molecule has 0 saturated carbocycles. The van der Waals surface area contributed by atoms with Crippen LogP contribution in [0.15, 0.2) is 95.8 Å². The third kappa shape index (κ3) is 6.38. The Hall–Kier alpha value is -5.55. The fraction of sp³-hybridized carbons (Fsp3) is 0.206. The summed E-state index contributed by atoms with van der Waals surface area (Å²) in [6.45, 7) is 2.41. The van der Waals surface area contributed by atoms with Crippen molar-refractivity contribution >= 4 is 34.3 Å². The second-order valence-corrected chi connectivity index (χ2v) is 10.5. The Bertz CT molecular complexity index is 1820. The van der Waals surface area contributed by atoms with Crippen molar-refractivity contribution in [3.8, 4) is 17.1 Å². The lowest BCUT2D eigenvalue weighted by atomic mass is 9.90. The first-order valence-electron chi connectivity index (χ1n) is 14.5. The van der Waals surface area contributed by atoms with Gasteiger partial charge in [-0.15, -0.1) is 0 Å². The van der Waals surface area contributed by atoms with Crippen LogP contribution in [0.5, 0.6) is 5.75 Å². The Morgan fingerprint density at radius 1 is 1.02 bits per heavy atom. The molecule has 2 heterocycles. The fourth-order valence-corrected chi connectivity index (χ4v) is 5.27. The maximum atomic E-state index is 13.6. The average molecular weight is 607 g/mol. The number of amides is 1. The molecule has 0 spiro atoms. The molecule has 2 atom stereocenters. The summed E-state index contributed by atoms with van der Waals surface area (Å²) >= 11 is 0. The molecular weight excluding hydrogens is 576 g/mol. The van der Waals surface area contributed by atoms with E-state index >= 15 is 0 Å². The van der Waals surface area contributed by atoms with Gasteiger partial charge in [-0.25, -0.2) is 9.59 Å². The molecule has 1 aliphatic rings. The van der Waals surface area contributed by atoms with E-state index in [1.807, 2.05) is 30.3 Å². The number of Topliss-reactive ketones (excluding diaryl/α,β-unsaturated/α-hetero) is 1. The SMILES string of the molecule is CCOC(=O)c1ccc2ccccc2c1C(=O)C(N)Cc1ccc(OCC2CN(c3ccc(-c4ncon4)cc3)C(=O)O2)cc1. The molecule has 1 aromatic heterocycles. The minimum absolute atomic E-state index is 0.165. The van der Waals surface area contributed by atoms with Crippen molar-refractivity contribution in [2.24, 2.45) is 5.73 Å². The summed E-state index contributed by atoms with van der Waals surface area (Å²) in [4.78, 5) is 44.4. The van der Waals surface area contributed by atoms with Gasteiger partial charge in [0.1, 0.15) is 12.4 Å². The fourth-order valence-electron chi connectivity index (χ4n) is 5.27. The van der Waals surface area contributed by atoms with Crippen LogP contribution in [0.3, 0.4) is 0 Å². The molecule has 1 amide bonds. The molecule has 2 N–H and O–H groups in total. The number of hydrogen-bond acceptors (Lipinski definition) is 10. The smallest absolute Gasteiger partial charge is 0.414 e. The second kappa shape index (κ2) is 13.0. The van der Waals surface area contributed by atoms with Crippen molar-refractivity contribution in [2.45, 2.75) is 25.5 Å². The van der Waals surface area contributed by atoms with Gasteiger partial charge in [-0.1, -0.05) is 47.6 Å². The van der Waals surface area contributed by atoms with Crippen LogP contribution < -0.4 is 15.4 Å². The maximum Gasteiger partial charge on any atom is 0.414 e. The van der Waals surface area contributed by atoms with E-state index in [0.29, 0.717) is 29.2 Å². The molecule has 11 nitrogen and oxygen atoms in total. The third-order valence-electron chi connectivity index (χ3n) is 7.49. The number of rotatable bonds is 11. The van der Waals surface area contributed by atoms with Crippen molar-refractivity contribution in [1.82, 2.24) is 10.1 Å². The molecule has 0 radical (unpaired) electrons. The zero-order chi connectivity index (χ0) is 31.3. The van der Waals surface area contributed by atoms with Crippen LogP contribution in [0.1, 0.15) is 33.2 Å². The molecule has 228 valence electrons. The molecule has 5 aromatic rings. The minimum Gasteiger partial charge on any atom is -0.490 e. The van der Waals surface area contributed by atoms with Crippen molar-refractivity contribution < 1.29 is 33.1 Å². The Kier molecular flexibility index (Phi) is 8.52. The summed E-state index contributed by atoms with van der Waals surface area (Å²) in [5.41, 5.74) is 9.15. The summed E-state index contributed by atoms with van der Waals surface area (Å²) in [6, 6.07) is 24.3. The van der Waals surface area contributed by atoms with Gasteiger partial charge in [-0.05, 0) is 72.1 Å². The molecule has 2 unspecified atom stereocenters. The molecular formula is C34H30N4O7. The average Bonchev–Trinajstić information content (AvgIpc) is 3.74. The van der Waals surface area contributed by atoms with Gasteiger partial charge in [0, 0.05) is 16.8 Å². The molecule has 0 bridgehead atoms. The number of nitrogens with zero attached hydrogens (tertiary/aromatic N) is 3. The molecule has 11 heteroatoms. The predicted molar refractivity (Wildman–Crippen MR) is 165 cm³/mol. The zero-order valence-electron chi connectivity index (χ0n) is 24.4. The van der Waals surface area contributed by atoms with Crippen molar-refractivity contribution in [3.63, 3.8) is 0 Å². The standard InChI is InChI=1S/C34H30N4O7/c1-2-42-33(40)28-16-11-22-5-3-4-6-27(22)30(28)31(39)29(35)17-21-7-14-25(15-8-21)43-19-26-18-38(34(41)45-26)24-12-9-23(10-13-24)32-36-20-44-37-32/h3-16,20,26,29H,2,17-19,35H2,1H3. The lowest BCUT2D eigenvalue weighted by molar-refractivity contribution is 0.0523. The number of ketones is 1. The van der Waals surface area contributed by atoms with E-state index in [9.17, 15) is 14.4 Å². The van der Waals surface area contributed by atoms with Gasteiger partial charge in [0.05, 0.1) is 24.8 Å². The van der Waals surface area contributed by atoms with Crippen molar-refractivity contribution in [2.75, 3.05) is 24.7 Å². The third-order valence-corrected chi connectivity index (χ3v) is 7.49. The van der Waals surface area contributed by atoms with Gasteiger partial charge in [0.25, 0.3) is 0 Å². The number of nitrogens with two attached hydrogens (primary N) is 1. The molecule has 6 rings (SSSR count). The molecule has 1 aliphatic heterocycles. The van der Waals surface area contributed by atoms with Gasteiger partial charge in [0.2, 0.25) is 12.2 Å². The number of carbonyl (C=O) groups excluding carboxylic acids is 3. The number of cyclic esters (lactones) is 1. The van der Waals surface area contributed by atoms with Crippen molar-refractivity contribution in [3.05, 3.63) is 108 Å². The van der Waals surface area contributed by atoms with E-state index in [1.54, 1.807) is 66.4 Å². The topological polar surface area (TPSA) is 147 Å². The number of ether oxygens (including phenoxy) is 3. The second-order valence-electron chi connectivity index (χ2n) is 10.5. The lowest BCUT2D eigenvalue weighted by Crippen LogP contribution is -2.34. The number of carbonyl (C=O) groups is 3. The maximum absolute atomic E-state index is 13.6. The van der Waals surface area contributed by atoms with Crippen LogP contribution in [-0.2, 0) is 15.9 Å². The molecule has 45 heavy (non-hydrogen) atoms. The van der Waals surface area contributed by atoms with E-state index in [0.717, 1.165) is 16.5 Å². The number of fused-ring (bicyclic) bond motifs is 1. The first kappa shape index (κ1) is 29.5. The monoisotopic (exact) mass is 606 g/mol. The van der Waals surface area contributed by atoms with E-state index in [2.05, 4.69) is 10.1 Å². The van der Waals surface area contributed by atoms with Crippen LogP contribution >= 0.6 is 0 Å². The predicted octanol–water partition coefficient (Wildman–Crippen LogP) is 5.22. The Balaban J connectivity index is 1.06. The van der Waals surface area contributed by atoms with Gasteiger partial charge >= 0.3 is 12.1 Å². The summed E-state index contributed by atoms with van der Waals surface area (Å²) in [6.07, 6.45) is 0.592. The Morgan fingerprint density at radius 2 is 1.80 bits per heavy atom. The van der Waals surface area contributed by atoms with E-state index in [-0.39, 0.29) is 36.5 Å². The first-order chi connectivity index (χ1) is 21.9. The molecule has 4 aromatic carbocycles. The lowest BCUT2D eigenvalue weighted by Gasteiger charge is -2.16. The highest BCUT2D eigenvalue weighted by Crippen LogP contribution is 2.27. The van der Waals surface area contributed by atoms with E-state index in [1.165, 1.54) is 6.39 Å². The number of hydrogen-bond donors (Lipinski definition) is 1. The summed E-state index contributed by atoms with van der Waals surface area (Å²) in [7, 11) is 0. The molecule has 1 saturated heterocycles. The van der Waals surface area contributed by atoms with Gasteiger partial charge in [-0.3, -0.25) is 9.69 Å². The highest BCUT2D eigenvalue weighted by Gasteiger charge is 2.33. The highest BCUT2D eigenvalue weighted by atomic mass is 16.6. The number of benzene rings is 4. The minimum atomic E-state index is -0.888. The number of esters is 1. The quantitative estimate of drug-likeness (QED) is 0.157. The van der Waals surface area contributed by atoms with Gasteiger partial charge in [0.15, 0.2) is 11.9 Å². The Labute approximate surface area is 258 Å². The van der Waals surface area contributed by atoms with E-state index in [4.69, 9.17) is 24.5 Å². The van der Waals surface area contributed by atoms with E-state index < -0.39 is 24.2 Å². The van der Waals surface area contributed by atoms with Crippen LogP contribution in [-0.4, -0.2) is 59.9 Å². The largest absolute Gasteiger partial charge is 0.490 e. The Morgan fingerprint density at radius 3 is 2.53 bits per heavy atom. The summed E-state index contributed by atoms with van der Waals surface area (Å²) in [5, 5.41) is 5.30. The molecule has 1 fully saturated rings. The van der Waals surface area contributed by atoms with Crippen LogP contribution in [0, 0.1) is 0 Å².